The van der Waals surface area contributed by atoms with Crippen molar-refractivity contribution < 1.29 is 12.8 Å². The first-order valence-electron chi connectivity index (χ1n) is 7.96. The van der Waals surface area contributed by atoms with E-state index in [1.807, 2.05) is 31.2 Å². The Kier molecular flexibility index (Phi) is 4.99. The van der Waals surface area contributed by atoms with Crippen molar-refractivity contribution in [1.29, 1.82) is 0 Å². The summed E-state index contributed by atoms with van der Waals surface area (Å²) in [5, 5.41) is 3.08. The smallest absolute Gasteiger partial charge is 0.218 e. The van der Waals surface area contributed by atoms with Gasteiger partial charge in [-0.2, -0.15) is 9.37 Å². The minimum absolute atomic E-state index is 0.190. The van der Waals surface area contributed by atoms with E-state index < -0.39 is 15.8 Å². The van der Waals surface area contributed by atoms with Crippen molar-refractivity contribution in [2.45, 2.75) is 18.4 Å². The molecule has 0 aliphatic heterocycles. The molecule has 2 aromatic carbocycles. The van der Waals surface area contributed by atoms with Crippen molar-refractivity contribution in [3.63, 3.8) is 0 Å². The summed E-state index contributed by atoms with van der Waals surface area (Å²) in [6.07, 6.45) is 1.13. The van der Waals surface area contributed by atoms with E-state index in [0.29, 0.717) is 17.9 Å². The van der Waals surface area contributed by atoms with E-state index in [9.17, 15) is 12.8 Å². The van der Waals surface area contributed by atoms with E-state index in [2.05, 4.69) is 15.3 Å². The van der Waals surface area contributed by atoms with Crippen LogP contribution in [0.15, 0.2) is 59.5 Å². The van der Waals surface area contributed by atoms with Crippen LogP contribution in [0.3, 0.4) is 0 Å². The zero-order chi connectivity index (χ0) is 18.7. The quantitative estimate of drug-likeness (QED) is 0.694. The summed E-state index contributed by atoms with van der Waals surface area (Å²) in [6.45, 7) is 2.52. The highest BCUT2D eigenvalue weighted by molar-refractivity contribution is 7.90. The molecule has 0 aliphatic carbocycles. The molecule has 0 amide bonds. The van der Waals surface area contributed by atoms with Crippen molar-refractivity contribution >= 4 is 15.7 Å². The van der Waals surface area contributed by atoms with Crippen LogP contribution in [0.2, 0.25) is 0 Å². The predicted octanol–water partition coefficient (Wildman–Crippen LogP) is 3.61. The van der Waals surface area contributed by atoms with E-state index in [-0.39, 0.29) is 10.7 Å². The second kappa shape index (κ2) is 7.21. The van der Waals surface area contributed by atoms with Crippen molar-refractivity contribution in [2.75, 3.05) is 11.6 Å². The first-order valence-corrected chi connectivity index (χ1v) is 9.85. The second-order valence-corrected chi connectivity index (χ2v) is 8.05. The lowest BCUT2D eigenvalue weighted by atomic mass is 10.1. The van der Waals surface area contributed by atoms with Crippen LogP contribution in [-0.4, -0.2) is 24.6 Å². The molecule has 0 bridgehead atoms. The normalized spacial score (nSPS) is 11.3. The Morgan fingerprint density at radius 3 is 2.27 bits per heavy atom. The maximum atomic E-state index is 13.9. The van der Waals surface area contributed by atoms with Gasteiger partial charge in [-0.15, -0.1) is 0 Å². The number of anilines is 1. The lowest BCUT2D eigenvalue weighted by molar-refractivity contribution is 0.582. The first-order chi connectivity index (χ1) is 12.3. The molecule has 3 rings (SSSR count). The Morgan fingerprint density at radius 1 is 1.00 bits per heavy atom. The highest BCUT2D eigenvalue weighted by Crippen LogP contribution is 2.20. The molecule has 0 saturated carbocycles. The molecule has 7 heteroatoms. The van der Waals surface area contributed by atoms with Crippen molar-refractivity contribution in [3.8, 4) is 11.4 Å². The second-order valence-electron chi connectivity index (χ2n) is 6.04. The standard InChI is InChI=1S/C19H18FN3O2S/c1-13-3-5-14(6-4-13)12-21-18-11-17(20)22-19(23-18)15-7-9-16(10-8-15)26(2,24)25/h3-11H,12H2,1-2H3,(H,21,22,23). The van der Waals surface area contributed by atoms with Crippen LogP contribution in [-0.2, 0) is 16.4 Å². The molecule has 3 aromatic rings. The summed E-state index contributed by atoms with van der Waals surface area (Å²) < 4.78 is 36.9. The first kappa shape index (κ1) is 18.0. The average Bonchev–Trinajstić information content (AvgIpc) is 2.60. The lowest BCUT2D eigenvalue weighted by Crippen LogP contribution is -2.04. The third-order valence-corrected chi connectivity index (χ3v) is 4.96. The van der Waals surface area contributed by atoms with Gasteiger partial charge in [0.2, 0.25) is 5.95 Å². The van der Waals surface area contributed by atoms with Gasteiger partial charge in [-0.05, 0) is 36.8 Å². The van der Waals surface area contributed by atoms with Gasteiger partial charge in [0.25, 0.3) is 0 Å². The SMILES string of the molecule is Cc1ccc(CNc2cc(F)nc(-c3ccc(S(C)(=O)=O)cc3)n2)cc1. The number of sulfone groups is 1. The highest BCUT2D eigenvalue weighted by Gasteiger charge is 2.10. The van der Waals surface area contributed by atoms with Gasteiger partial charge in [0, 0.05) is 24.4 Å². The fraction of sp³-hybridized carbons (Fsp3) is 0.158. The van der Waals surface area contributed by atoms with Gasteiger partial charge in [-0.25, -0.2) is 13.4 Å². The van der Waals surface area contributed by atoms with E-state index in [0.717, 1.165) is 11.8 Å². The van der Waals surface area contributed by atoms with Crippen LogP contribution in [0.25, 0.3) is 11.4 Å². The van der Waals surface area contributed by atoms with Gasteiger partial charge in [-0.3, -0.25) is 0 Å². The van der Waals surface area contributed by atoms with Crippen LogP contribution in [0, 0.1) is 12.9 Å². The van der Waals surface area contributed by atoms with Crippen LogP contribution in [0.1, 0.15) is 11.1 Å². The zero-order valence-electron chi connectivity index (χ0n) is 14.4. The fourth-order valence-corrected chi connectivity index (χ4v) is 3.02. The molecular formula is C19H18FN3O2S. The minimum Gasteiger partial charge on any atom is -0.366 e. The van der Waals surface area contributed by atoms with Crippen molar-refractivity contribution in [2.24, 2.45) is 0 Å². The Morgan fingerprint density at radius 2 is 1.65 bits per heavy atom. The average molecular weight is 371 g/mol. The molecule has 0 atom stereocenters. The highest BCUT2D eigenvalue weighted by atomic mass is 32.2. The Hall–Kier alpha value is -2.80. The van der Waals surface area contributed by atoms with Crippen LogP contribution in [0.4, 0.5) is 10.2 Å². The zero-order valence-corrected chi connectivity index (χ0v) is 15.2. The number of rotatable bonds is 5. The topological polar surface area (TPSA) is 72.0 Å². The summed E-state index contributed by atoms with van der Waals surface area (Å²) >= 11 is 0. The van der Waals surface area contributed by atoms with Gasteiger partial charge >= 0.3 is 0 Å². The molecule has 0 unspecified atom stereocenters. The summed E-state index contributed by atoms with van der Waals surface area (Å²) in [4.78, 5) is 8.30. The molecule has 1 heterocycles. The molecule has 1 aromatic heterocycles. The monoisotopic (exact) mass is 371 g/mol. The number of benzene rings is 2. The number of nitrogens with one attached hydrogen (secondary N) is 1. The summed E-state index contributed by atoms with van der Waals surface area (Å²) in [5.74, 6) is -0.106. The Bertz CT molecular complexity index is 1020. The molecule has 5 nitrogen and oxygen atoms in total. The van der Waals surface area contributed by atoms with Crippen molar-refractivity contribution in [1.82, 2.24) is 9.97 Å². The molecule has 0 saturated heterocycles. The Balaban J connectivity index is 1.82. The largest absolute Gasteiger partial charge is 0.366 e. The number of hydrogen-bond donors (Lipinski definition) is 1. The van der Waals surface area contributed by atoms with Crippen LogP contribution in [0.5, 0.6) is 0 Å². The molecule has 1 N–H and O–H groups in total. The predicted molar refractivity (Wildman–Crippen MR) is 99.0 cm³/mol. The fourth-order valence-electron chi connectivity index (χ4n) is 2.39. The molecule has 0 spiro atoms. The number of aromatic nitrogens is 2. The van der Waals surface area contributed by atoms with Gasteiger partial charge in [0.1, 0.15) is 5.82 Å². The van der Waals surface area contributed by atoms with E-state index in [4.69, 9.17) is 0 Å². The molecule has 26 heavy (non-hydrogen) atoms. The third kappa shape index (κ3) is 4.43. The van der Waals surface area contributed by atoms with E-state index >= 15 is 0 Å². The number of hydrogen-bond acceptors (Lipinski definition) is 5. The summed E-state index contributed by atoms with van der Waals surface area (Å²) in [6, 6.07) is 15.3. The maximum absolute atomic E-state index is 13.9. The number of halogens is 1. The molecule has 0 radical (unpaired) electrons. The lowest BCUT2D eigenvalue weighted by Gasteiger charge is -2.08. The van der Waals surface area contributed by atoms with Crippen LogP contribution < -0.4 is 5.32 Å². The van der Waals surface area contributed by atoms with Gasteiger partial charge in [0.15, 0.2) is 15.7 Å². The van der Waals surface area contributed by atoms with Crippen molar-refractivity contribution in [3.05, 3.63) is 71.7 Å². The Labute approximate surface area is 151 Å². The molecule has 0 fully saturated rings. The van der Waals surface area contributed by atoms with E-state index in [1.165, 1.54) is 23.8 Å². The van der Waals surface area contributed by atoms with Crippen LogP contribution >= 0.6 is 0 Å². The van der Waals surface area contributed by atoms with Gasteiger partial charge in [-0.1, -0.05) is 29.8 Å². The van der Waals surface area contributed by atoms with Gasteiger partial charge < -0.3 is 5.32 Å². The molecule has 134 valence electrons. The minimum atomic E-state index is -3.29. The molecule has 0 aliphatic rings. The molecular weight excluding hydrogens is 353 g/mol. The third-order valence-electron chi connectivity index (χ3n) is 3.83. The number of nitrogens with zero attached hydrogens (tertiary/aromatic N) is 2. The van der Waals surface area contributed by atoms with E-state index in [1.54, 1.807) is 12.1 Å². The summed E-state index contributed by atoms with van der Waals surface area (Å²) in [7, 11) is -3.29. The maximum Gasteiger partial charge on any atom is 0.218 e. The summed E-state index contributed by atoms with van der Waals surface area (Å²) in [5.41, 5.74) is 2.76. The number of aryl methyl sites for hydroxylation is 1. The van der Waals surface area contributed by atoms with Gasteiger partial charge in [0.05, 0.1) is 4.90 Å².